The van der Waals surface area contributed by atoms with Crippen molar-refractivity contribution in [1.82, 2.24) is 9.55 Å². The Bertz CT molecular complexity index is 4870. The van der Waals surface area contributed by atoms with Gasteiger partial charge in [-0.3, -0.25) is 0 Å². The number of hydrogen-bond donors (Lipinski definition) is 0. The summed E-state index contributed by atoms with van der Waals surface area (Å²) in [6, 6.07) is 58.5. The summed E-state index contributed by atoms with van der Waals surface area (Å²) in [5.74, 6) is 2.06. The van der Waals surface area contributed by atoms with Crippen LogP contribution in [-0.4, -0.2) is 9.55 Å². The van der Waals surface area contributed by atoms with Crippen molar-refractivity contribution in [3.05, 3.63) is 235 Å². The molecule has 0 saturated heterocycles. The Labute approximate surface area is 542 Å². The van der Waals surface area contributed by atoms with Crippen molar-refractivity contribution < 1.29 is 37.1 Å². The summed E-state index contributed by atoms with van der Waals surface area (Å²) in [4.78, 5) is 9.36. The number of rotatable bonds is 11. The standard InChI is InChI=1S/C81H79N4O2.Pt/c1-50(2)61-28-23-29-62(51(3)4)74(61)54-43-58(83-49-84(69-33-21-20-32-68(69)83)76-63(52-25-17-16-18-26-52)30-24-31-64(76)53-41-56(78(5,6)7)45-57(42-53)79(8,9)10)47-60(44-54)86-59-35-36-67-71(48-59)85(73-46-55(39-40-82-73)81(14,15)80(11,12)13)70-38-37-66-65-27-19-22-34-72(65)87-77(66)75(67)70;/h16-46,49-51H,1-15H3;/q-3;/i16D,17D,18D,25D,26D;. The molecular formula is C81H79N4O2Pt-3. The number of para-hydroxylation sites is 4. The molecule has 0 unspecified atom stereocenters. The molecule has 0 aliphatic carbocycles. The Hall–Kier alpha value is -8.18. The third-order valence-electron chi connectivity index (χ3n) is 18.4. The van der Waals surface area contributed by atoms with Crippen molar-refractivity contribution in [1.29, 1.82) is 0 Å². The normalized spacial score (nSPS) is 14.0. The van der Waals surface area contributed by atoms with E-state index in [1.807, 2.05) is 54.7 Å². The van der Waals surface area contributed by atoms with Gasteiger partial charge in [0.15, 0.2) is 0 Å². The number of fused-ring (bicyclic) bond motifs is 8. The largest absolute Gasteiger partial charge is 0.509 e. The van der Waals surface area contributed by atoms with E-state index >= 15 is 0 Å². The van der Waals surface area contributed by atoms with Crippen molar-refractivity contribution in [3.63, 3.8) is 0 Å². The van der Waals surface area contributed by atoms with Gasteiger partial charge in [-0.2, -0.15) is 6.07 Å². The van der Waals surface area contributed by atoms with Gasteiger partial charge in [-0.05, 0) is 126 Å². The van der Waals surface area contributed by atoms with Crippen molar-refractivity contribution in [3.8, 4) is 50.7 Å². The summed E-state index contributed by atoms with van der Waals surface area (Å²) in [6.45, 7) is 35.8. The second-order valence-corrected chi connectivity index (χ2v) is 27.8. The zero-order valence-corrected chi connectivity index (χ0v) is 55.4. The number of ether oxygens (including phenoxy) is 1. The summed E-state index contributed by atoms with van der Waals surface area (Å²) in [6.07, 6.45) is 1.91. The van der Waals surface area contributed by atoms with Gasteiger partial charge in [0.05, 0.1) is 6.85 Å². The maximum Gasteiger partial charge on any atom is 0.135 e. The maximum absolute atomic E-state index is 9.47. The van der Waals surface area contributed by atoms with Gasteiger partial charge in [0.25, 0.3) is 0 Å². The third kappa shape index (κ3) is 10.5. The molecule has 6 nitrogen and oxygen atoms in total. The molecular weight excluding hydrogens is 1260 g/mol. The molecule has 7 heteroatoms. The number of pyridine rings is 1. The van der Waals surface area contributed by atoms with Crippen LogP contribution in [0.15, 0.2) is 192 Å². The van der Waals surface area contributed by atoms with E-state index in [-0.39, 0.29) is 72.2 Å². The summed E-state index contributed by atoms with van der Waals surface area (Å²) in [5.41, 5.74) is 16.0. The first kappa shape index (κ1) is 54.0. The monoisotopic (exact) mass is 1340 g/mol. The topological polar surface area (TPSA) is 46.7 Å². The minimum atomic E-state index is -0.446. The number of benzene rings is 9. The Kier molecular flexibility index (Phi) is 13.8. The van der Waals surface area contributed by atoms with Crippen LogP contribution in [0.5, 0.6) is 11.5 Å². The summed E-state index contributed by atoms with van der Waals surface area (Å²) >= 11 is 0. The number of aromatic nitrogens is 2. The van der Waals surface area contributed by atoms with E-state index < -0.39 is 18.1 Å². The fraction of sp³-hybridized carbons (Fsp3) is 0.259. The van der Waals surface area contributed by atoms with E-state index in [4.69, 9.17) is 18.3 Å². The molecule has 13 rings (SSSR count). The van der Waals surface area contributed by atoms with E-state index in [0.29, 0.717) is 28.4 Å². The second kappa shape index (κ2) is 22.4. The number of nitrogens with zero attached hydrogens (tertiary/aromatic N) is 4. The van der Waals surface area contributed by atoms with E-state index in [0.717, 1.165) is 94.3 Å². The predicted molar refractivity (Wildman–Crippen MR) is 366 cm³/mol. The molecule has 448 valence electrons. The first-order valence-corrected chi connectivity index (χ1v) is 30.6. The first-order valence-electron chi connectivity index (χ1n) is 33.1. The summed E-state index contributed by atoms with van der Waals surface area (Å²) < 4.78 is 61.8. The van der Waals surface area contributed by atoms with E-state index in [1.54, 1.807) is 0 Å². The van der Waals surface area contributed by atoms with Gasteiger partial charge in [0.2, 0.25) is 0 Å². The molecule has 0 bridgehead atoms. The van der Waals surface area contributed by atoms with Crippen molar-refractivity contribution >= 4 is 66.5 Å². The molecule has 88 heavy (non-hydrogen) atoms. The van der Waals surface area contributed by atoms with Crippen LogP contribution in [0.25, 0.3) is 82.9 Å². The van der Waals surface area contributed by atoms with Crippen LogP contribution in [0.4, 0.5) is 22.7 Å². The molecule has 0 N–H and O–H groups in total. The van der Waals surface area contributed by atoms with Gasteiger partial charge >= 0.3 is 0 Å². The number of furan rings is 1. The molecule has 4 heterocycles. The van der Waals surface area contributed by atoms with E-state index in [1.165, 1.54) is 16.7 Å². The Morgan fingerprint density at radius 1 is 0.557 bits per heavy atom. The Balaban J connectivity index is 0.00000832. The molecule has 0 saturated carbocycles. The quantitative estimate of drug-likeness (QED) is 0.121. The molecule has 0 atom stereocenters. The number of hydrogen-bond acceptors (Lipinski definition) is 5. The van der Waals surface area contributed by atoms with Crippen LogP contribution in [0, 0.1) is 24.2 Å². The molecule has 0 fully saturated rings. The zero-order chi connectivity index (χ0) is 65.4. The summed E-state index contributed by atoms with van der Waals surface area (Å²) in [7, 11) is 0. The molecule has 0 radical (unpaired) electrons. The Morgan fingerprint density at radius 2 is 1.18 bits per heavy atom. The third-order valence-corrected chi connectivity index (χ3v) is 18.4. The minimum Gasteiger partial charge on any atom is -0.509 e. The number of anilines is 4. The molecule has 3 aromatic heterocycles. The van der Waals surface area contributed by atoms with Gasteiger partial charge < -0.3 is 23.5 Å². The predicted octanol–water partition coefficient (Wildman–Crippen LogP) is 23.0. The fourth-order valence-electron chi connectivity index (χ4n) is 12.5. The van der Waals surface area contributed by atoms with Gasteiger partial charge in [0.1, 0.15) is 17.0 Å². The molecule has 1 aliphatic rings. The molecule has 1 aliphatic heterocycles. The molecule has 0 spiro atoms. The van der Waals surface area contributed by atoms with E-state index in [2.05, 4.69) is 240 Å². The van der Waals surface area contributed by atoms with Gasteiger partial charge in [-0.25, -0.2) is 4.98 Å². The molecule has 12 aromatic rings. The molecule has 0 amide bonds. The second-order valence-electron chi connectivity index (χ2n) is 27.8. The van der Waals surface area contributed by atoms with Crippen LogP contribution < -0.4 is 14.5 Å². The average molecular weight is 1340 g/mol. The smallest absolute Gasteiger partial charge is 0.135 e. The van der Waals surface area contributed by atoms with Crippen LogP contribution in [-0.2, 0) is 37.3 Å². The SMILES string of the molecule is [2H]c1c([2H])c([2H])c(-c2cccc(-c3cc(C(C)(C)C)cc(C(C)(C)C)c3)c2N2[CH-]N(c3[c-]c(Oc4[c-]c5c(cc4)c4c6oc7ccccc7c6ccc4n5-c4cc(C(C)(C)C(C)(C)C)ccn4)cc(-c4c(C(C)C)cccc4C(C)C)c3)c3ccccc32)c([2H])c1[2H].[Pt]. The first-order chi connectivity index (χ1) is 43.5. The zero-order valence-electron chi connectivity index (χ0n) is 58.2. The minimum absolute atomic E-state index is 0. The van der Waals surface area contributed by atoms with Crippen LogP contribution >= 0.6 is 0 Å². The fourth-order valence-corrected chi connectivity index (χ4v) is 12.5. The van der Waals surface area contributed by atoms with Crippen molar-refractivity contribution in [2.45, 2.75) is 132 Å². The van der Waals surface area contributed by atoms with Crippen LogP contribution in [0.3, 0.4) is 0 Å². The van der Waals surface area contributed by atoms with Gasteiger partial charge in [-0.15, -0.1) is 48.3 Å². The van der Waals surface area contributed by atoms with Gasteiger partial charge in [-0.1, -0.05) is 230 Å². The molecule has 9 aromatic carbocycles. The van der Waals surface area contributed by atoms with Crippen molar-refractivity contribution in [2.24, 2.45) is 5.41 Å². The summed E-state index contributed by atoms with van der Waals surface area (Å²) in [5, 5.41) is 3.98. The van der Waals surface area contributed by atoms with Crippen LogP contribution in [0.1, 0.15) is 150 Å². The maximum atomic E-state index is 9.47. The average Bonchev–Trinajstić information content (AvgIpc) is 1.60. The van der Waals surface area contributed by atoms with Crippen LogP contribution in [0.2, 0.25) is 0 Å². The van der Waals surface area contributed by atoms with Gasteiger partial charge in [0, 0.05) is 83.2 Å². The van der Waals surface area contributed by atoms with Crippen molar-refractivity contribution in [2.75, 3.05) is 9.80 Å². The Morgan fingerprint density at radius 3 is 1.84 bits per heavy atom. The van der Waals surface area contributed by atoms with E-state index in [9.17, 15) is 2.74 Å².